The third-order valence-electron chi connectivity index (χ3n) is 3.89. The Bertz CT molecular complexity index is 927. The molecule has 0 unspecified atom stereocenters. The van der Waals surface area contributed by atoms with Crippen LogP contribution in [0, 0.1) is 6.92 Å². The van der Waals surface area contributed by atoms with Crippen LogP contribution < -0.4 is 14.8 Å². The molecule has 3 rings (SSSR count). The molecule has 138 valence electrons. The van der Waals surface area contributed by atoms with E-state index in [2.05, 4.69) is 5.32 Å². The molecule has 26 heavy (non-hydrogen) atoms. The summed E-state index contributed by atoms with van der Waals surface area (Å²) < 4.78 is 37.2. The first-order valence-corrected chi connectivity index (χ1v) is 9.53. The van der Waals surface area contributed by atoms with Gasteiger partial charge >= 0.3 is 0 Å². The van der Waals surface area contributed by atoms with Crippen molar-refractivity contribution in [2.45, 2.75) is 11.8 Å². The molecule has 1 N–H and O–H groups in total. The molecule has 0 saturated carbocycles. The van der Waals surface area contributed by atoms with Crippen LogP contribution in [0.2, 0.25) is 0 Å². The number of amides is 1. The van der Waals surface area contributed by atoms with Crippen LogP contribution in [0.5, 0.6) is 11.5 Å². The smallest absolute Gasteiger partial charge is 0.243 e. The third-order valence-corrected chi connectivity index (χ3v) is 5.69. The third kappa shape index (κ3) is 3.97. The van der Waals surface area contributed by atoms with E-state index in [0.717, 1.165) is 9.87 Å². The molecule has 7 nitrogen and oxygen atoms in total. The van der Waals surface area contributed by atoms with Gasteiger partial charge in [0.25, 0.3) is 0 Å². The molecule has 0 bridgehead atoms. The van der Waals surface area contributed by atoms with Crippen LogP contribution in [-0.2, 0) is 14.8 Å². The lowest BCUT2D eigenvalue weighted by molar-refractivity contribution is -0.116. The van der Waals surface area contributed by atoms with Crippen molar-refractivity contribution in [2.24, 2.45) is 0 Å². The summed E-state index contributed by atoms with van der Waals surface area (Å²) >= 11 is 0. The van der Waals surface area contributed by atoms with Crippen LogP contribution in [0.1, 0.15) is 5.56 Å². The van der Waals surface area contributed by atoms with Gasteiger partial charge in [0.05, 0.1) is 11.4 Å². The largest absolute Gasteiger partial charge is 0.486 e. The summed E-state index contributed by atoms with van der Waals surface area (Å²) in [6.07, 6.45) is 0. The highest BCUT2D eigenvalue weighted by Gasteiger charge is 2.25. The summed E-state index contributed by atoms with van der Waals surface area (Å²) in [4.78, 5) is 12.2. The molecule has 2 aromatic rings. The van der Waals surface area contributed by atoms with Crippen molar-refractivity contribution in [3.05, 3.63) is 48.0 Å². The summed E-state index contributed by atoms with van der Waals surface area (Å²) in [5.74, 6) is 0.476. The highest BCUT2D eigenvalue weighted by molar-refractivity contribution is 7.89. The number of benzene rings is 2. The van der Waals surface area contributed by atoms with Gasteiger partial charge in [-0.05, 0) is 36.8 Å². The molecule has 0 fully saturated rings. The molecule has 0 aliphatic carbocycles. The molecule has 1 aliphatic rings. The average Bonchev–Trinajstić information content (AvgIpc) is 2.61. The topological polar surface area (TPSA) is 84.9 Å². The van der Waals surface area contributed by atoms with Crippen LogP contribution in [0.15, 0.2) is 47.4 Å². The molecule has 0 spiro atoms. The number of ether oxygens (including phenoxy) is 2. The first-order valence-electron chi connectivity index (χ1n) is 8.09. The van der Waals surface area contributed by atoms with Gasteiger partial charge in [0, 0.05) is 18.8 Å². The highest BCUT2D eigenvalue weighted by atomic mass is 32.2. The zero-order chi connectivity index (χ0) is 18.7. The number of hydrogen-bond donors (Lipinski definition) is 1. The fourth-order valence-corrected chi connectivity index (χ4v) is 3.72. The van der Waals surface area contributed by atoms with E-state index in [-0.39, 0.29) is 11.4 Å². The Morgan fingerprint density at radius 3 is 2.58 bits per heavy atom. The molecule has 0 aromatic heterocycles. The van der Waals surface area contributed by atoms with Crippen LogP contribution in [-0.4, -0.2) is 45.4 Å². The van der Waals surface area contributed by atoms with Gasteiger partial charge in [-0.2, -0.15) is 4.31 Å². The van der Waals surface area contributed by atoms with Crippen LogP contribution in [0.4, 0.5) is 5.69 Å². The molecule has 8 heteroatoms. The summed E-state index contributed by atoms with van der Waals surface area (Å²) in [5, 5.41) is 2.70. The SMILES string of the molecule is Cc1cccc(NC(=O)CN(C)S(=O)(=O)c2ccc3c(c2)OCCO3)c1. The van der Waals surface area contributed by atoms with Gasteiger partial charge in [0.1, 0.15) is 13.2 Å². The average molecular weight is 376 g/mol. The summed E-state index contributed by atoms with van der Waals surface area (Å²) in [6.45, 7) is 2.40. The second kappa shape index (κ2) is 7.35. The van der Waals surface area contributed by atoms with Crippen molar-refractivity contribution in [1.29, 1.82) is 0 Å². The Labute approximate surface area is 152 Å². The maximum atomic E-state index is 12.7. The van der Waals surface area contributed by atoms with Crippen molar-refractivity contribution in [2.75, 3.05) is 32.1 Å². The molecule has 0 atom stereocenters. The van der Waals surface area contributed by atoms with Crippen molar-refractivity contribution < 1.29 is 22.7 Å². The number of sulfonamides is 1. The minimum Gasteiger partial charge on any atom is -0.486 e. The van der Waals surface area contributed by atoms with Crippen molar-refractivity contribution in [3.63, 3.8) is 0 Å². The van der Waals surface area contributed by atoms with E-state index in [4.69, 9.17) is 9.47 Å². The summed E-state index contributed by atoms with van der Waals surface area (Å²) in [5.41, 5.74) is 1.63. The number of nitrogens with one attached hydrogen (secondary N) is 1. The van der Waals surface area contributed by atoms with E-state index in [1.54, 1.807) is 12.1 Å². The number of anilines is 1. The first-order chi connectivity index (χ1) is 12.4. The van der Waals surface area contributed by atoms with Crippen molar-refractivity contribution in [3.8, 4) is 11.5 Å². The van der Waals surface area contributed by atoms with E-state index in [1.807, 2.05) is 25.1 Å². The zero-order valence-corrected chi connectivity index (χ0v) is 15.4. The maximum absolute atomic E-state index is 12.7. The van der Waals surface area contributed by atoms with E-state index in [9.17, 15) is 13.2 Å². The van der Waals surface area contributed by atoms with Crippen molar-refractivity contribution in [1.82, 2.24) is 4.31 Å². The monoisotopic (exact) mass is 376 g/mol. The maximum Gasteiger partial charge on any atom is 0.243 e. The molecule has 2 aromatic carbocycles. The Hall–Kier alpha value is -2.58. The standard InChI is InChI=1S/C18H20N2O5S/c1-13-4-3-5-14(10-13)19-18(21)12-20(2)26(22,23)15-6-7-16-17(11-15)25-9-8-24-16/h3-7,10-11H,8-9,12H2,1-2H3,(H,19,21). The summed E-state index contributed by atoms with van der Waals surface area (Å²) in [6, 6.07) is 11.7. The number of likely N-dealkylation sites (N-methyl/N-ethyl adjacent to an activating group) is 1. The molecule has 1 amide bonds. The predicted molar refractivity (Wildman–Crippen MR) is 97.1 cm³/mol. The van der Waals surface area contributed by atoms with Gasteiger partial charge in [-0.15, -0.1) is 0 Å². The zero-order valence-electron chi connectivity index (χ0n) is 14.6. The quantitative estimate of drug-likeness (QED) is 0.863. The molecular weight excluding hydrogens is 356 g/mol. The van der Waals surface area contributed by atoms with Crippen LogP contribution in [0.25, 0.3) is 0 Å². The number of carbonyl (C=O) groups excluding carboxylic acids is 1. The van der Waals surface area contributed by atoms with Crippen LogP contribution in [0.3, 0.4) is 0 Å². The van der Waals surface area contributed by atoms with Gasteiger partial charge in [-0.1, -0.05) is 12.1 Å². The second-order valence-corrected chi connectivity index (χ2v) is 8.03. The normalized spacial score (nSPS) is 13.5. The molecule has 0 saturated heterocycles. The number of hydrogen-bond acceptors (Lipinski definition) is 5. The number of carbonyl (C=O) groups is 1. The Morgan fingerprint density at radius 1 is 1.12 bits per heavy atom. The number of nitrogens with zero attached hydrogens (tertiary/aromatic N) is 1. The van der Waals surface area contributed by atoms with Gasteiger partial charge < -0.3 is 14.8 Å². The lowest BCUT2D eigenvalue weighted by Gasteiger charge is -2.21. The van der Waals surface area contributed by atoms with Gasteiger partial charge in [-0.25, -0.2) is 8.42 Å². The second-order valence-electron chi connectivity index (χ2n) is 5.98. The molecular formula is C18H20N2O5S. The minimum atomic E-state index is -3.83. The van der Waals surface area contributed by atoms with E-state index in [1.165, 1.54) is 19.2 Å². The van der Waals surface area contributed by atoms with E-state index < -0.39 is 15.9 Å². The Kier molecular flexibility index (Phi) is 5.15. The highest BCUT2D eigenvalue weighted by Crippen LogP contribution is 2.32. The molecule has 1 aliphatic heterocycles. The van der Waals surface area contributed by atoms with Gasteiger partial charge in [-0.3, -0.25) is 4.79 Å². The number of rotatable bonds is 5. The lowest BCUT2D eigenvalue weighted by atomic mass is 10.2. The Balaban J connectivity index is 1.71. The van der Waals surface area contributed by atoms with E-state index in [0.29, 0.717) is 30.4 Å². The minimum absolute atomic E-state index is 0.0487. The fourth-order valence-electron chi connectivity index (χ4n) is 2.57. The molecule has 1 heterocycles. The Morgan fingerprint density at radius 2 is 1.85 bits per heavy atom. The van der Waals surface area contributed by atoms with Gasteiger partial charge in [0.15, 0.2) is 11.5 Å². The predicted octanol–water partition coefficient (Wildman–Crippen LogP) is 2.03. The first kappa shape index (κ1) is 18.2. The number of fused-ring (bicyclic) bond motifs is 1. The van der Waals surface area contributed by atoms with Crippen LogP contribution >= 0.6 is 0 Å². The lowest BCUT2D eigenvalue weighted by Crippen LogP contribution is -2.35. The number of aryl methyl sites for hydroxylation is 1. The van der Waals surface area contributed by atoms with E-state index >= 15 is 0 Å². The fraction of sp³-hybridized carbons (Fsp3) is 0.278. The van der Waals surface area contributed by atoms with Crippen molar-refractivity contribution >= 4 is 21.6 Å². The summed E-state index contributed by atoms with van der Waals surface area (Å²) in [7, 11) is -2.47. The van der Waals surface area contributed by atoms with Gasteiger partial charge in [0.2, 0.25) is 15.9 Å². The molecule has 0 radical (unpaired) electrons.